The first-order chi connectivity index (χ1) is 47.7. The quantitative estimate of drug-likeness (QED) is 0.0169. The number of carbonyl (C=O) groups is 4. The summed E-state index contributed by atoms with van der Waals surface area (Å²) in [6.07, 6.45) is 72.9. The van der Waals surface area contributed by atoms with E-state index in [1.54, 1.807) is 0 Å². The molecule has 0 aromatic rings. The van der Waals surface area contributed by atoms with Crippen LogP contribution in [0, 0.1) is 0 Å². The first kappa shape index (κ1) is 94.2. The smallest absolute Gasteiger partial charge is 0.462 e. The highest BCUT2D eigenvalue weighted by molar-refractivity contribution is 7.47. The lowest BCUT2D eigenvalue weighted by atomic mass is 10.0. The second kappa shape index (κ2) is 71.6. The number of carbonyl (C=O) groups excluding carboxylic acids is 4. The molecule has 0 bridgehead atoms. The van der Waals surface area contributed by atoms with Crippen LogP contribution in [0.15, 0.2) is 85.1 Å². The van der Waals surface area contributed by atoms with Gasteiger partial charge in [-0.3, -0.25) is 37.3 Å². The number of hydrogen-bond donors (Lipinski definition) is 3. The molecule has 3 N–H and O–H groups in total. The van der Waals surface area contributed by atoms with Crippen LogP contribution in [-0.2, 0) is 65.4 Å². The average Bonchev–Trinajstić information content (AvgIpc) is 0.969. The topological polar surface area (TPSA) is 237 Å². The zero-order chi connectivity index (χ0) is 71.8. The minimum Gasteiger partial charge on any atom is -0.462 e. The van der Waals surface area contributed by atoms with Gasteiger partial charge in [0.1, 0.15) is 19.3 Å². The van der Waals surface area contributed by atoms with Gasteiger partial charge in [0.2, 0.25) is 0 Å². The van der Waals surface area contributed by atoms with Crippen molar-refractivity contribution < 1.29 is 80.2 Å². The van der Waals surface area contributed by atoms with Crippen molar-refractivity contribution >= 4 is 39.5 Å². The highest BCUT2D eigenvalue weighted by Crippen LogP contribution is 2.45. The van der Waals surface area contributed by atoms with Crippen molar-refractivity contribution in [3.8, 4) is 0 Å². The summed E-state index contributed by atoms with van der Waals surface area (Å²) >= 11 is 0. The predicted molar refractivity (Wildman–Crippen MR) is 399 cm³/mol. The van der Waals surface area contributed by atoms with E-state index in [1.165, 1.54) is 116 Å². The van der Waals surface area contributed by atoms with Crippen LogP contribution in [0.1, 0.15) is 336 Å². The Kier molecular flexibility index (Phi) is 68.9. The molecule has 17 nitrogen and oxygen atoms in total. The van der Waals surface area contributed by atoms with Gasteiger partial charge in [-0.05, 0) is 122 Å². The van der Waals surface area contributed by atoms with Crippen LogP contribution >= 0.6 is 15.6 Å². The summed E-state index contributed by atoms with van der Waals surface area (Å²) in [7, 11) is -9.96. The molecule has 5 atom stereocenters. The molecule has 0 spiro atoms. The Morgan fingerprint density at radius 1 is 0.286 bits per heavy atom. The van der Waals surface area contributed by atoms with Gasteiger partial charge in [-0.1, -0.05) is 273 Å². The maximum Gasteiger partial charge on any atom is 0.472 e. The van der Waals surface area contributed by atoms with Crippen molar-refractivity contribution in [2.45, 2.75) is 354 Å². The van der Waals surface area contributed by atoms with E-state index in [9.17, 15) is 43.2 Å². The van der Waals surface area contributed by atoms with Crippen molar-refractivity contribution in [1.29, 1.82) is 0 Å². The summed E-state index contributed by atoms with van der Waals surface area (Å²) in [5.74, 6) is -2.24. The summed E-state index contributed by atoms with van der Waals surface area (Å²) in [5.41, 5.74) is 0. The zero-order valence-corrected chi connectivity index (χ0v) is 63.7. The number of hydrogen-bond acceptors (Lipinski definition) is 15. The van der Waals surface area contributed by atoms with E-state index in [-0.39, 0.29) is 25.7 Å². The second-order valence-corrected chi connectivity index (χ2v) is 28.9. The van der Waals surface area contributed by atoms with Gasteiger partial charge in [-0.15, -0.1) is 0 Å². The molecule has 0 aliphatic carbocycles. The van der Waals surface area contributed by atoms with Gasteiger partial charge < -0.3 is 33.8 Å². The third kappa shape index (κ3) is 70.7. The zero-order valence-electron chi connectivity index (χ0n) is 62.0. The number of rotatable bonds is 73. The Morgan fingerprint density at radius 2 is 0.510 bits per heavy atom. The molecule has 0 aliphatic rings. The summed E-state index contributed by atoms with van der Waals surface area (Å²) < 4.78 is 68.4. The van der Waals surface area contributed by atoms with Gasteiger partial charge in [-0.2, -0.15) is 0 Å². The van der Waals surface area contributed by atoms with Crippen LogP contribution in [0.3, 0.4) is 0 Å². The molecule has 0 fully saturated rings. The molecule has 98 heavy (non-hydrogen) atoms. The van der Waals surface area contributed by atoms with Crippen molar-refractivity contribution in [2.24, 2.45) is 0 Å². The van der Waals surface area contributed by atoms with E-state index >= 15 is 0 Å². The highest BCUT2D eigenvalue weighted by atomic mass is 31.2. The standard InChI is InChI=1S/C79H140O17P2/c1-5-9-13-17-21-25-29-33-35-36-38-42-44-48-52-56-60-64-77(82)90-70-75(96-79(84)66-62-58-54-50-46-40-32-28-24-20-16-12-8-4)72-94-98(87,88)92-68-73(80)67-91-97(85,86)93-71-74(95-78(83)65-61-57-53-49-45-39-31-27-23-19-15-11-7-3)69-89-76(81)63-59-55-51-47-43-41-37-34-30-26-22-18-14-10-6-2/h21-22,25-27,31,33-35,37-38,42,48,52,73-75,80H,5-20,23-24,28-30,32,36,39-41,43-47,49-51,53-72H2,1-4H3,(H,85,86)(H,87,88)/b25-21-,26-22-,31-27-,35-33-,37-34-,42-38-,52-48-/t73-,74-,75-/m1/s1. The first-order valence-corrected chi connectivity index (χ1v) is 41.8. The molecule has 2 unspecified atom stereocenters. The number of aliphatic hydroxyl groups excluding tert-OH is 1. The molecule has 0 radical (unpaired) electrons. The van der Waals surface area contributed by atoms with Gasteiger partial charge in [0.15, 0.2) is 12.2 Å². The molecule has 0 amide bonds. The Morgan fingerprint density at radius 3 is 0.847 bits per heavy atom. The van der Waals surface area contributed by atoms with E-state index in [4.69, 9.17) is 37.0 Å². The highest BCUT2D eigenvalue weighted by Gasteiger charge is 2.30. The average molecular weight is 1420 g/mol. The van der Waals surface area contributed by atoms with Crippen LogP contribution in [0.5, 0.6) is 0 Å². The summed E-state index contributed by atoms with van der Waals surface area (Å²) in [4.78, 5) is 72.8. The number of allylic oxidation sites excluding steroid dienone is 14. The Hall–Kier alpha value is -3.76. The maximum absolute atomic E-state index is 13.1. The summed E-state index contributed by atoms with van der Waals surface area (Å²) in [6.45, 7) is 4.75. The molecule has 568 valence electrons. The largest absolute Gasteiger partial charge is 0.472 e. The van der Waals surface area contributed by atoms with Crippen molar-refractivity contribution in [3.63, 3.8) is 0 Å². The molecular weight excluding hydrogens is 1280 g/mol. The van der Waals surface area contributed by atoms with Crippen LogP contribution in [0.4, 0.5) is 0 Å². The lowest BCUT2D eigenvalue weighted by molar-refractivity contribution is -0.161. The molecule has 0 aliphatic heterocycles. The SMILES string of the molecule is CCCCC/C=C\C/C=C\C/C=C\C/C=C\CCCC(=O)OC[C@H](COP(=O)(O)OC[C@H](O)COP(=O)(O)OC[C@@H](COC(=O)CCCCCCC/C=C\C/C=C\CCCCC)OC(=O)CCCCCCC/C=C\CCCCCC)OC(=O)CCCCCCCCCCCCCCC. The van der Waals surface area contributed by atoms with Gasteiger partial charge >= 0.3 is 39.5 Å². The van der Waals surface area contributed by atoms with E-state index in [1.807, 2.05) is 12.2 Å². The number of phosphoric ester groups is 2. The molecule has 0 aromatic carbocycles. The normalized spacial score (nSPS) is 14.4. The lowest BCUT2D eigenvalue weighted by Gasteiger charge is -2.21. The van der Waals surface area contributed by atoms with Gasteiger partial charge in [0, 0.05) is 25.7 Å². The third-order valence-electron chi connectivity index (χ3n) is 16.3. The van der Waals surface area contributed by atoms with Crippen LogP contribution in [0.2, 0.25) is 0 Å². The van der Waals surface area contributed by atoms with Crippen LogP contribution in [-0.4, -0.2) is 96.7 Å². The summed E-state index contributed by atoms with van der Waals surface area (Å²) in [5, 5.41) is 10.6. The number of ether oxygens (including phenoxy) is 4. The van der Waals surface area contributed by atoms with E-state index in [0.29, 0.717) is 32.1 Å². The monoisotopic (exact) mass is 1420 g/mol. The first-order valence-electron chi connectivity index (χ1n) is 38.8. The maximum atomic E-state index is 13.1. The second-order valence-electron chi connectivity index (χ2n) is 25.9. The van der Waals surface area contributed by atoms with Gasteiger partial charge in [0.25, 0.3) is 0 Å². The predicted octanol–water partition coefficient (Wildman–Crippen LogP) is 22.2. The van der Waals surface area contributed by atoms with Gasteiger partial charge in [-0.25, -0.2) is 9.13 Å². The van der Waals surface area contributed by atoms with Crippen molar-refractivity contribution in [1.82, 2.24) is 0 Å². The molecular formula is C79H140O17P2. The van der Waals surface area contributed by atoms with Crippen LogP contribution < -0.4 is 0 Å². The molecule has 0 aromatic heterocycles. The lowest BCUT2D eigenvalue weighted by Crippen LogP contribution is -2.30. The fourth-order valence-electron chi connectivity index (χ4n) is 10.4. The van der Waals surface area contributed by atoms with E-state index < -0.39 is 97.5 Å². The van der Waals surface area contributed by atoms with Gasteiger partial charge in [0.05, 0.1) is 26.4 Å². The Labute approximate surface area is 595 Å². The molecule has 0 saturated heterocycles. The van der Waals surface area contributed by atoms with E-state index in [2.05, 4.69) is 101 Å². The number of esters is 4. The Bertz CT molecular complexity index is 2190. The number of phosphoric acid groups is 2. The fraction of sp³-hybridized carbons (Fsp3) is 0.772. The number of aliphatic hydroxyl groups is 1. The minimum absolute atomic E-state index is 0.0824. The van der Waals surface area contributed by atoms with Crippen molar-refractivity contribution in [3.05, 3.63) is 85.1 Å². The fourth-order valence-corrected chi connectivity index (χ4v) is 11.9. The molecule has 19 heteroatoms. The Balaban J connectivity index is 5.38. The van der Waals surface area contributed by atoms with Crippen LogP contribution in [0.25, 0.3) is 0 Å². The van der Waals surface area contributed by atoms with Crippen molar-refractivity contribution in [2.75, 3.05) is 39.6 Å². The molecule has 0 saturated carbocycles. The molecule has 0 heterocycles. The third-order valence-corrected chi connectivity index (χ3v) is 18.2. The van der Waals surface area contributed by atoms with E-state index in [0.717, 1.165) is 135 Å². The summed E-state index contributed by atoms with van der Waals surface area (Å²) in [6, 6.07) is 0. The number of unbranched alkanes of at least 4 members (excludes halogenated alkanes) is 33. The molecule has 0 rings (SSSR count). The minimum atomic E-state index is -4.98.